The molecule has 0 spiro atoms. The van der Waals surface area contributed by atoms with Crippen molar-refractivity contribution in [3.8, 4) is 0 Å². The number of aromatic nitrogens is 3. The molecule has 1 aliphatic heterocycles. The van der Waals surface area contributed by atoms with E-state index in [9.17, 15) is 4.79 Å². The predicted octanol–water partition coefficient (Wildman–Crippen LogP) is 0.406. The SMILES string of the molecule is Cc1cc2ncc(CNC3CCC(=O)NC3)cn2n1. The third-order valence-corrected chi connectivity index (χ3v) is 3.35. The Balaban J connectivity index is 1.63. The third-order valence-electron chi connectivity index (χ3n) is 3.35. The van der Waals surface area contributed by atoms with Crippen LogP contribution in [0, 0.1) is 6.92 Å². The van der Waals surface area contributed by atoms with Crippen molar-refractivity contribution >= 4 is 11.6 Å². The van der Waals surface area contributed by atoms with Gasteiger partial charge in [0.05, 0.1) is 5.69 Å². The topological polar surface area (TPSA) is 71.3 Å². The van der Waals surface area contributed by atoms with Crippen LogP contribution in [0.1, 0.15) is 24.1 Å². The molecule has 0 aliphatic carbocycles. The first-order chi connectivity index (χ1) is 9.20. The van der Waals surface area contributed by atoms with Crippen LogP contribution in [0.2, 0.25) is 0 Å². The van der Waals surface area contributed by atoms with E-state index < -0.39 is 0 Å². The van der Waals surface area contributed by atoms with Gasteiger partial charge in [-0.15, -0.1) is 0 Å². The summed E-state index contributed by atoms with van der Waals surface area (Å²) in [6.07, 6.45) is 5.35. The lowest BCUT2D eigenvalue weighted by Crippen LogP contribution is -2.45. The van der Waals surface area contributed by atoms with Gasteiger partial charge in [0, 0.05) is 49.6 Å². The van der Waals surface area contributed by atoms with Gasteiger partial charge in [-0.3, -0.25) is 4.79 Å². The Bertz CT molecular complexity index is 596. The molecule has 1 atom stereocenters. The van der Waals surface area contributed by atoms with Crippen molar-refractivity contribution in [1.29, 1.82) is 0 Å². The number of carbonyl (C=O) groups is 1. The monoisotopic (exact) mass is 259 g/mol. The lowest BCUT2D eigenvalue weighted by atomic mass is 10.1. The molecular weight excluding hydrogens is 242 g/mol. The second-order valence-corrected chi connectivity index (χ2v) is 4.97. The maximum absolute atomic E-state index is 11.1. The molecule has 1 fully saturated rings. The Morgan fingerprint density at radius 1 is 1.58 bits per heavy atom. The lowest BCUT2D eigenvalue weighted by molar-refractivity contribution is -0.122. The highest BCUT2D eigenvalue weighted by Crippen LogP contribution is 2.07. The number of piperidine rings is 1. The predicted molar refractivity (Wildman–Crippen MR) is 70.6 cm³/mol. The average Bonchev–Trinajstić information content (AvgIpc) is 2.77. The number of aryl methyl sites for hydroxylation is 1. The molecule has 3 heterocycles. The zero-order valence-electron chi connectivity index (χ0n) is 10.9. The molecular formula is C13H17N5O. The molecule has 100 valence electrons. The number of hydrogen-bond acceptors (Lipinski definition) is 4. The highest BCUT2D eigenvalue weighted by molar-refractivity contribution is 5.76. The largest absolute Gasteiger partial charge is 0.355 e. The Morgan fingerprint density at radius 3 is 3.26 bits per heavy atom. The van der Waals surface area contributed by atoms with E-state index >= 15 is 0 Å². The van der Waals surface area contributed by atoms with Crippen LogP contribution in [0.3, 0.4) is 0 Å². The number of nitrogens with one attached hydrogen (secondary N) is 2. The quantitative estimate of drug-likeness (QED) is 0.837. The molecule has 1 amide bonds. The van der Waals surface area contributed by atoms with E-state index in [1.807, 2.05) is 25.4 Å². The molecule has 1 aliphatic rings. The number of amides is 1. The van der Waals surface area contributed by atoms with Crippen molar-refractivity contribution < 1.29 is 4.79 Å². The summed E-state index contributed by atoms with van der Waals surface area (Å²) in [7, 11) is 0. The fourth-order valence-electron chi connectivity index (χ4n) is 2.29. The lowest BCUT2D eigenvalue weighted by Gasteiger charge is -2.23. The summed E-state index contributed by atoms with van der Waals surface area (Å²) >= 11 is 0. The summed E-state index contributed by atoms with van der Waals surface area (Å²) < 4.78 is 1.80. The number of rotatable bonds is 3. The van der Waals surface area contributed by atoms with Gasteiger partial charge in [0.25, 0.3) is 0 Å². The molecule has 0 aromatic carbocycles. The van der Waals surface area contributed by atoms with Crippen molar-refractivity contribution in [3.05, 3.63) is 29.7 Å². The first-order valence-electron chi connectivity index (χ1n) is 6.52. The molecule has 0 bridgehead atoms. The Hall–Kier alpha value is -1.95. The molecule has 0 saturated carbocycles. The van der Waals surface area contributed by atoms with Crippen LogP contribution < -0.4 is 10.6 Å². The van der Waals surface area contributed by atoms with Crippen LogP contribution in [-0.4, -0.2) is 33.1 Å². The van der Waals surface area contributed by atoms with Gasteiger partial charge in [0.1, 0.15) is 0 Å². The van der Waals surface area contributed by atoms with Gasteiger partial charge in [-0.05, 0) is 13.3 Å². The summed E-state index contributed by atoms with van der Waals surface area (Å²) in [6, 6.07) is 2.29. The van der Waals surface area contributed by atoms with Gasteiger partial charge in [0.15, 0.2) is 5.65 Å². The summed E-state index contributed by atoms with van der Waals surface area (Å²) in [5, 5.41) is 10.6. The van der Waals surface area contributed by atoms with Crippen molar-refractivity contribution in [3.63, 3.8) is 0 Å². The second-order valence-electron chi connectivity index (χ2n) is 4.97. The van der Waals surface area contributed by atoms with Crippen LogP contribution >= 0.6 is 0 Å². The van der Waals surface area contributed by atoms with Crippen molar-refractivity contribution in [2.75, 3.05) is 6.54 Å². The third kappa shape index (κ3) is 2.73. The minimum absolute atomic E-state index is 0.146. The molecule has 1 saturated heterocycles. The van der Waals surface area contributed by atoms with Crippen LogP contribution in [0.15, 0.2) is 18.5 Å². The molecule has 2 N–H and O–H groups in total. The summed E-state index contributed by atoms with van der Waals surface area (Å²) in [5.74, 6) is 0.146. The molecule has 2 aromatic heterocycles. The highest BCUT2D eigenvalue weighted by Gasteiger charge is 2.17. The standard InChI is InChI=1S/C13H17N5O/c1-9-4-12-15-6-10(8-18(12)17-9)5-14-11-2-3-13(19)16-7-11/h4,6,8,11,14H,2-3,5,7H2,1H3,(H,16,19). The minimum Gasteiger partial charge on any atom is -0.355 e. The van der Waals surface area contributed by atoms with Gasteiger partial charge in [0.2, 0.25) is 5.91 Å². The Morgan fingerprint density at radius 2 is 2.47 bits per heavy atom. The van der Waals surface area contributed by atoms with Gasteiger partial charge in [-0.1, -0.05) is 0 Å². The van der Waals surface area contributed by atoms with E-state index in [1.165, 1.54) is 0 Å². The van der Waals surface area contributed by atoms with Gasteiger partial charge >= 0.3 is 0 Å². The average molecular weight is 259 g/mol. The van der Waals surface area contributed by atoms with Crippen LogP contribution in [0.4, 0.5) is 0 Å². The van der Waals surface area contributed by atoms with E-state index in [0.29, 0.717) is 19.0 Å². The van der Waals surface area contributed by atoms with Crippen LogP contribution in [0.25, 0.3) is 5.65 Å². The van der Waals surface area contributed by atoms with E-state index in [-0.39, 0.29) is 5.91 Å². The number of hydrogen-bond donors (Lipinski definition) is 2. The summed E-state index contributed by atoms with van der Waals surface area (Å²) in [6.45, 7) is 3.40. The molecule has 1 unspecified atom stereocenters. The van der Waals surface area contributed by atoms with E-state index in [1.54, 1.807) is 4.52 Å². The Labute approximate surface area is 111 Å². The highest BCUT2D eigenvalue weighted by atomic mass is 16.1. The zero-order valence-corrected chi connectivity index (χ0v) is 10.9. The first kappa shape index (κ1) is 12.1. The second kappa shape index (κ2) is 4.97. The molecule has 3 rings (SSSR count). The van der Waals surface area contributed by atoms with Crippen molar-refractivity contribution in [2.24, 2.45) is 0 Å². The maximum atomic E-state index is 11.1. The molecule has 6 nitrogen and oxygen atoms in total. The molecule has 19 heavy (non-hydrogen) atoms. The van der Waals surface area contributed by atoms with Crippen molar-refractivity contribution in [1.82, 2.24) is 25.2 Å². The van der Waals surface area contributed by atoms with Crippen LogP contribution in [-0.2, 0) is 11.3 Å². The fraction of sp³-hybridized carbons (Fsp3) is 0.462. The van der Waals surface area contributed by atoms with Gasteiger partial charge < -0.3 is 10.6 Å². The number of carbonyl (C=O) groups excluding carboxylic acids is 1. The minimum atomic E-state index is 0.146. The van der Waals surface area contributed by atoms with Crippen LogP contribution in [0.5, 0.6) is 0 Å². The van der Waals surface area contributed by atoms with Gasteiger partial charge in [-0.2, -0.15) is 5.10 Å². The fourth-order valence-corrected chi connectivity index (χ4v) is 2.29. The molecule has 6 heteroatoms. The van der Waals surface area contributed by atoms with E-state index in [0.717, 1.165) is 29.9 Å². The first-order valence-corrected chi connectivity index (χ1v) is 6.52. The van der Waals surface area contributed by atoms with E-state index in [4.69, 9.17) is 0 Å². The summed E-state index contributed by atoms with van der Waals surface area (Å²) in [5.41, 5.74) is 2.92. The molecule has 2 aromatic rings. The van der Waals surface area contributed by atoms with Crippen molar-refractivity contribution in [2.45, 2.75) is 32.4 Å². The maximum Gasteiger partial charge on any atom is 0.220 e. The number of nitrogens with zero attached hydrogens (tertiary/aromatic N) is 3. The normalized spacial score (nSPS) is 19.6. The molecule has 0 radical (unpaired) electrons. The van der Waals surface area contributed by atoms with E-state index in [2.05, 4.69) is 20.7 Å². The van der Waals surface area contributed by atoms with Gasteiger partial charge in [-0.25, -0.2) is 9.50 Å². The zero-order chi connectivity index (χ0) is 13.2. The number of fused-ring (bicyclic) bond motifs is 1. The smallest absolute Gasteiger partial charge is 0.220 e. The summed E-state index contributed by atoms with van der Waals surface area (Å²) in [4.78, 5) is 15.4. The Kier molecular flexibility index (Phi) is 3.16.